The highest BCUT2D eigenvalue weighted by atomic mass is 35.5. The van der Waals surface area contributed by atoms with Crippen LogP contribution in [-0.2, 0) is 4.74 Å². The van der Waals surface area contributed by atoms with Crippen molar-refractivity contribution in [3.63, 3.8) is 0 Å². The Hall–Kier alpha value is -1.13. The lowest BCUT2D eigenvalue weighted by Gasteiger charge is -2.39. The first-order chi connectivity index (χ1) is 8.54. The molecule has 1 aliphatic heterocycles. The summed E-state index contributed by atoms with van der Waals surface area (Å²) in [6.07, 6.45) is 3.45. The Labute approximate surface area is 112 Å². The minimum Gasteiger partial charge on any atom is -0.377 e. The van der Waals surface area contributed by atoms with E-state index in [-0.39, 0.29) is 11.5 Å². The number of likely N-dealkylation sites (tertiary alicyclic amines) is 1. The van der Waals surface area contributed by atoms with Gasteiger partial charge in [0.25, 0.3) is 5.91 Å². The number of pyridine rings is 1. The molecule has 0 spiro atoms. The second kappa shape index (κ2) is 5.24. The van der Waals surface area contributed by atoms with Crippen LogP contribution in [0, 0.1) is 0 Å². The van der Waals surface area contributed by atoms with Gasteiger partial charge in [0.05, 0.1) is 11.2 Å². The van der Waals surface area contributed by atoms with E-state index >= 15 is 0 Å². The zero-order chi connectivity index (χ0) is 13.2. The van der Waals surface area contributed by atoms with Crippen molar-refractivity contribution in [1.82, 2.24) is 9.88 Å². The molecule has 1 fully saturated rings. The van der Waals surface area contributed by atoms with Crippen LogP contribution in [0.25, 0.3) is 0 Å². The van der Waals surface area contributed by atoms with Gasteiger partial charge in [-0.05, 0) is 31.9 Å². The molecule has 0 radical (unpaired) electrons. The summed E-state index contributed by atoms with van der Waals surface area (Å²) < 4.78 is 5.48. The number of rotatable bonds is 2. The summed E-state index contributed by atoms with van der Waals surface area (Å²) >= 11 is 5.71. The standard InChI is InChI=1S/C13H17ClN2O2/c1-13(18-2)6-3-7-16(9-13)12(17)10-4-5-11(14)15-8-10/h4-5,8H,3,6-7,9H2,1-2H3. The van der Waals surface area contributed by atoms with Crippen molar-refractivity contribution >= 4 is 17.5 Å². The van der Waals surface area contributed by atoms with Gasteiger partial charge >= 0.3 is 0 Å². The first-order valence-electron chi connectivity index (χ1n) is 6.00. The molecule has 0 bridgehead atoms. The van der Waals surface area contributed by atoms with E-state index in [1.54, 1.807) is 19.2 Å². The normalized spacial score (nSPS) is 24.1. The van der Waals surface area contributed by atoms with E-state index in [2.05, 4.69) is 4.98 Å². The first kappa shape index (κ1) is 13.3. The highest BCUT2D eigenvalue weighted by Gasteiger charge is 2.33. The Bertz CT molecular complexity index is 435. The predicted octanol–water partition coefficient (Wildman–Crippen LogP) is 2.38. The van der Waals surface area contributed by atoms with Gasteiger partial charge in [-0.2, -0.15) is 0 Å². The molecule has 1 saturated heterocycles. The number of halogens is 1. The number of amides is 1. The Morgan fingerprint density at radius 1 is 1.56 bits per heavy atom. The second-order valence-electron chi connectivity index (χ2n) is 4.85. The summed E-state index contributed by atoms with van der Waals surface area (Å²) in [5.41, 5.74) is 0.327. The molecule has 0 N–H and O–H groups in total. The van der Waals surface area contributed by atoms with Crippen LogP contribution in [0.5, 0.6) is 0 Å². The smallest absolute Gasteiger partial charge is 0.255 e. The summed E-state index contributed by atoms with van der Waals surface area (Å²) in [5.74, 6) is -0.0119. The fourth-order valence-corrected chi connectivity index (χ4v) is 2.34. The van der Waals surface area contributed by atoms with Crippen LogP contribution in [0.15, 0.2) is 18.3 Å². The van der Waals surface area contributed by atoms with Gasteiger partial charge in [0, 0.05) is 26.4 Å². The monoisotopic (exact) mass is 268 g/mol. The number of piperidine rings is 1. The van der Waals surface area contributed by atoms with Gasteiger partial charge in [-0.1, -0.05) is 11.6 Å². The molecule has 5 heteroatoms. The van der Waals surface area contributed by atoms with E-state index in [1.807, 2.05) is 11.8 Å². The summed E-state index contributed by atoms with van der Waals surface area (Å²) in [7, 11) is 1.69. The lowest BCUT2D eigenvalue weighted by atomic mass is 9.94. The Balaban J connectivity index is 2.11. The largest absolute Gasteiger partial charge is 0.377 e. The topological polar surface area (TPSA) is 42.4 Å². The van der Waals surface area contributed by atoms with Gasteiger partial charge in [-0.3, -0.25) is 4.79 Å². The molecule has 18 heavy (non-hydrogen) atoms. The number of ether oxygens (including phenoxy) is 1. The number of methoxy groups -OCH3 is 1. The van der Waals surface area contributed by atoms with Crippen molar-refractivity contribution in [1.29, 1.82) is 0 Å². The molecule has 1 atom stereocenters. The number of carbonyl (C=O) groups excluding carboxylic acids is 1. The molecule has 98 valence electrons. The molecular weight excluding hydrogens is 252 g/mol. The number of aromatic nitrogens is 1. The van der Waals surface area contributed by atoms with Crippen LogP contribution < -0.4 is 0 Å². The second-order valence-corrected chi connectivity index (χ2v) is 5.24. The maximum Gasteiger partial charge on any atom is 0.255 e. The van der Waals surface area contributed by atoms with Gasteiger partial charge in [0.15, 0.2) is 0 Å². The van der Waals surface area contributed by atoms with Crippen molar-refractivity contribution in [2.24, 2.45) is 0 Å². The summed E-state index contributed by atoms with van der Waals surface area (Å²) in [5, 5.41) is 0.395. The van der Waals surface area contributed by atoms with E-state index < -0.39 is 0 Å². The third-order valence-electron chi connectivity index (χ3n) is 3.41. The Kier molecular flexibility index (Phi) is 3.88. The lowest BCUT2D eigenvalue weighted by Crippen LogP contribution is -2.49. The summed E-state index contributed by atoms with van der Waals surface area (Å²) in [6.45, 7) is 3.41. The molecule has 0 aliphatic carbocycles. The molecule has 1 aliphatic rings. The van der Waals surface area contributed by atoms with Crippen LogP contribution in [0.2, 0.25) is 5.15 Å². The van der Waals surface area contributed by atoms with Gasteiger partial charge in [-0.15, -0.1) is 0 Å². The van der Waals surface area contributed by atoms with Crippen molar-refractivity contribution in [2.75, 3.05) is 20.2 Å². The van der Waals surface area contributed by atoms with Gasteiger partial charge < -0.3 is 9.64 Å². The lowest BCUT2D eigenvalue weighted by molar-refractivity contribution is -0.0440. The third-order valence-corrected chi connectivity index (χ3v) is 3.64. The fourth-order valence-electron chi connectivity index (χ4n) is 2.23. The average molecular weight is 269 g/mol. The van der Waals surface area contributed by atoms with E-state index in [4.69, 9.17) is 16.3 Å². The maximum atomic E-state index is 12.3. The van der Waals surface area contributed by atoms with Crippen LogP contribution in [-0.4, -0.2) is 41.6 Å². The third kappa shape index (κ3) is 2.82. The van der Waals surface area contributed by atoms with Gasteiger partial charge in [-0.25, -0.2) is 4.98 Å². The molecule has 2 heterocycles. The molecule has 4 nitrogen and oxygen atoms in total. The Morgan fingerprint density at radius 3 is 2.94 bits per heavy atom. The highest BCUT2D eigenvalue weighted by molar-refractivity contribution is 6.29. The number of hydrogen-bond donors (Lipinski definition) is 0. The van der Waals surface area contributed by atoms with E-state index in [0.29, 0.717) is 17.3 Å². The summed E-state index contributed by atoms with van der Waals surface area (Å²) in [6, 6.07) is 3.34. The van der Waals surface area contributed by atoms with E-state index in [0.717, 1.165) is 19.4 Å². The number of carbonyl (C=O) groups is 1. The van der Waals surface area contributed by atoms with Crippen molar-refractivity contribution in [3.05, 3.63) is 29.0 Å². The summed E-state index contributed by atoms with van der Waals surface area (Å²) in [4.78, 5) is 18.1. The van der Waals surface area contributed by atoms with Crippen molar-refractivity contribution in [3.8, 4) is 0 Å². The van der Waals surface area contributed by atoms with E-state index in [9.17, 15) is 4.79 Å². The molecule has 1 unspecified atom stereocenters. The molecule has 1 aromatic heterocycles. The highest BCUT2D eigenvalue weighted by Crippen LogP contribution is 2.25. The van der Waals surface area contributed by atoms with Crippen LogP contribution >= 0.6 is 11.6 Å². The fraction of sp³-hybridized carbons (Fsp3) is 0.538. The minimum absolute atomic E-state index is 0.0119. The number of hydrogen-bond acceptors (Lipinski definition) is 3. The van der Waals surface area contributed by atoms with Gasteiger partial charge in [0.1, 0.15) is 5.15 Å². The molecule has 1 amide bonds. The molecular formula is C13H17ClN2O2. The maximum absolute atomic E-state index is 12.3. The van der Waals surface area contributed by atoms with Gasteiger partial charge in [0.2, 0.25) is 0 Å². The molecule has 2 rings (SSSR count). The molecule has 0 aromatic carbocycles. The van der Waals surface area contributed by atoms with Crippen LogP contribution in [0.3, 0.4) is 0 Å². The molecule has 0 saturated carbocycles. The SMILES string of the molecule is COC1(C)CCCN(C(=O)c2ccc(Cl)nc2)C1. The zero-order valence-corrected chi connectivity index (χ0v) is 11.4. The van der Waals surface area contributed by atoms with E-state index in [1.165, 1.54) is 6.20 Å². The zero-order valence-electron chi connectivity index (χ0n) is 10.6. The average Bonchev–Trinajstić information content (AvgIpc) is 2.39. The van der Waals surface area contributed by atoms with Crippen molar-refractivity contribution < 1.29 is 9.53 Å². The number of nitrogens with zero attached hydrogens (tertiary/aromatic N) is 2. The van der Waals surface area contributed by atoms with Crippen LogP contribution in [0.1, 0.15) is 30.1 Å². The molecule has 1 aromatic rings. The first-order valence-corrected chi connectivity index (χ1v) is 6.38. The predicted molar refractivity (Wildman–Crippen MR) is 69.8 cm³/mol. The Morgan fingerprint density at radius 2 is 2.33 bits per heavy atom. The van der Waals surface area contributed by atoms with Crippen molar-refractivity contribution in [2.45, 2.75) is 25.4 Å². The minimum atomic E-state index is -0.242. The van der Waals surface area contributed by atoms with Crippen LogP contribution in [0.4, 0.5) is 0 Å². The quantitative estimate of drug-likeness (QED) is 0.774.